The Hall–Kier alpha value is -3.39. The van der Waals surface area contributed by atoms with Gasteiger partial charge in [0.2, 0.25) is 11.8 Å². The van der Waals surface area contributed by atoms with Gasteiger partial charge >= 0.3 is 5.97 Å². The number of amides is 2. The number of hydrogen-bond donors (Lipinski definition) is 3. The Morgan fingerprint density at radius 2 is 1.67 bits per heavy atom. The number of hydrogen-bond acceptors (Lipinski definition) is 6. The Morgan fingerprint density at radius 3 is 2.18 bits per heavy atom. The molecular weight excluding hydrogens is 422 g/mol. The van der Waals surface area contributed by atoms with Gasteiger partial charge in [0.25, 0.3) is 0 Å². The zero-order valence-corrected chi connectivity index (χ0v) is 19.6. The Labute approximate surface area is 194 Å². The van der Waals surface area contributed by atoms with Crippen molar-refractivity contribution in [2.75, 3.05) is 13.7 Å². The lowest BCUT2D eigenvalue weighted by Gasteiger charge is -2.30. The molecule has 0 bridgehead atoms. The number of carbonyl (C=O) groups is 3. The van der Waals surface area contributed by atoms with Crippen molar-refractivity contribution in [1.82, 2.24) is 4.90 Å². The van der Waals surface area contributed by atoms with E-state index in [-0.39, 0.29) is 18.1 Å². The summed E-state index contributed by atoms with van der Waals surface area (Å²) in [5.41, 5.74) is 15.8. The number of primary amides is 1. The van der Waals surface area contributed by atoms with Gasteiger partial charge in [-0.3, -0.25) is 9.59 Å². The van der Waals surface area contributed by atoms with E-state index in [0.29, 0.717) is 24.9 Å². The van der Waals surface area contributed by atoms with E-state index in [9.17, 15) is 19.5 Å². The summed E-state index contributed by atoms with van der Waals surface area (Å²) in [6.45, 7) is 5.61. The lowest BCUT2D eigenvalue weighted by Crippen LogP contribution is -2.53. The minimum absolute atomic E-state index is 0.164. The molecule has 0 saturated carbocycles. The van der Waals surface area contributed by atoms with Crippen LogP contribution < -0.4 is 11.5 Å². The first-order valence-corrected chi connectivity index (χ1v) is 10.9. The standard InChI is InChI=1S/C25H33N3O5/c1-15-12-20(29)13-16(2)21(15)14-22(26)24(31)28(17(3)23(27)30)11-5-6-18-7-9-19(10-8-18)25(32)33-4/h7-10,12-13,17,22,29H,5-6,11,14,26H2,1-4H3,(H2,27,30)/t17-,22?/m1/s1. The molecule has 0 saturated heterocycles. The number of ether oxygens (including phenoxy) is 1. The minimum Gasteiger partial charge on any atom is -0.508 e. The van der Waals surface area contributed by atoms with Crippen LogP contribution in [0, 0.1) is 13.8 Å². The highest BCUT2D eigenvalue weighted by Gasteiger charge is 2.28. The number of benzene rings is 2. The molecule has 0 radical (unpaired) electrons. The molecule has 0 aliphatic carbocycles. The quantitative estimate of drug-likeness (QED) is 0.469. The number of nitrogens with two attached hydrogens (primary N) is 2. The maximum absolute atomic E-state index is 13.2. The predicted molar refractivity (Wildman–Crippen MR) is 126 cm³/mol. The van der Waals surface area contributed by atoms with E-state index in [1.807, 2.05) is 26.0 Å². The summed E-state index contributed by atoms with van der Waals surface area (Å²) in [7, 11) is 1.33. The summed E-state index contributed by atoms with van der Waals surface area (Å²) in [4.78, 5) is 38.0. The van der Waals surface area contributed by atoms with E-state index < -0.39 is 24.0 Å². The number of nitrogens with zero attached hydrogens (tertiary/aromatic N) is 1. The molecule has 0 fully saturated rings. The minimum atomic E-state index is -0.854. The molecule has 2 rings (SSSR count). The Kier molecular flexibility index (Phi) is 8.99. The lowest BCUT2D eigenvalue weighted by molar-refractivity contribution is -0.139. The number of phenols is 1. The third kappa shape index (κ3) is 6.79. The van der Waals surface area contributed by atoms with E-state index in [1.54, 1.807) is 31.2 Å². The zero-order valence-electron chi connectivity index (χ0n) is 19.6. The fourth-order valence-electron chi connectivity index (χ4n) is 3.84. The van der Waals surface area contributed by atoms with Gasteiger partial charge in [-0.05, 0) is 86.6 Å². The number of esters is 1. The molecular formula is C25H33N3O5. The largest absolute Gasteiger partial charge is 0.508 e. The fourth-order valence-corrected chi connectivity index (χ4v) is 3.84. The second kappa shape index (κ2) is 11.5. The maximum atomic E-state index is 13.2. The van der Waals surface area contributed by atoms with Crippen LogP contribution in [0.2, 0.25) is 0 Å². The van der Waals surface area contributed by atoms with Gasteiger partial charge in [-0.2, -0.15) is 0 Å². The van der Waals surface area contributed by atoms with E-state index in [0.717, 1.165) is 22.3 Å². The number of rotatable bonds is 10. The van der Waals surface area contributed by atoms with E-state index >= 15 is 0 Å². The molecule has 178 valence electrons. The highest BCUT2D eigenvalue weighted by atomic mass is 16.5. The Balaban J connectivity index is 2.08. The van der Waals surface area contributed by atoms with Crippen LogP contribution in [0.25, 0.3) is 0 Å². The number of methoxy groups -OCH3 is 1. The van der Waals surface area contributed by atoms with E-state index in [1.165, 1.54) is 12.0 Å². The SMILES string of the molecule is COC(=O)c1ccc(CCCN(C(=O)C(N)Cc2c(C)cc(O)cc2C)[C@H](C)C(N)=O)cc1. The molecule has 2 aromatic carbocycles. The average Bonchev–Trinajstić information content (AvgIpc) is 2.77. The maximum Gasteiger partial charge on any atom is 0.337 e. The summed E-state index contributed by atoms with van der Waals surface area (Å²) < 4.78 is 4.70. The van der Waals surface area contributed by atoms with Crippen molar-refractivity contribution in [3.8, 4) is 5.75 Å². The lowest BCUT2D eigenvalue weighted by atomic mass is 9.95. The number of aryl methyl sites for hydroxylation is 3. The topological polar surface area (TPSA) is 136 Å². The zero-order chi connectivity index (χ0) is 24.7. The summed E-state index contributed by atoms with van der Waals surface area (Å²) in [6.07, 6.45) is 1.51. The van der Waals surface area contributed by atoms with Gasteiger partial charge in [0, 0.05) is 6.54 Å². The summed E-state index contributed by atoms with van der Waals surface area (Å²) in [5, 5.41) is 9.75. The fraction of sp³-hybridized carbons (Fsp3) is 0.400. The molecule has 0 heterocycles. The molecule has 0 aliphatic heterocycles. The van der Waals surface area contributed by atoms with E-state index in [2.05, 4.69) is 0 Å². The normalized spacial score (nSPS) is 12.6. The number of phenolic OH excluding ortho intramolecular Hbond substituents is 1. The third-order valence-corrected chi connectivity index (χ3v) is 5.82. The van der Waals surface area contributed by atoms with Gasteiger partial charge in [0.1, 0.15) is 11.8 Å². The molecule has 2 amide bonds. The molecule has 0 spiro atoms. The van der Waals surface area contributed by atoms with Gasteiger partial charge in [-0.15, -0.1) is 0 Å². The van der Waals surface area contributed by atoms with Crippen LogP contribution in [-0.4, -0.2) is 53.5 Å². The summed E-state index contributed by atoms with van der Waals surface area (Å²) >= 11 is 0. The van der Waals surface area contributed by atoms with Crippen LogP contribution in [0.1, 0.15) is 46.0 Å². The molecule has 5 N–H and O–H groups in total. The number of carbonyl (C=O) groups excluding carboxylic acids is 3. The van der Waals surface area contributed by atoms with Crippen LogP contribution >= 0.6 is 0 Å². The van der Waals surface area contributed by atoms with Gasteiger partial charge in [0.15, 0.2) is 0 Å². The molecule has 33 heavy (non-hydrogen) atoms. The van der Waals surface area contributed by atoms with Gasteiger partial charge in [-0.25, -0.2) is 4.79 Å². The van der Waals surface area contributed by atoms with Gasteiger partial charge < -0.3 is 26.2 Å². The highest BCUT2D eigenvalue weighted by molar-refractivity contribution is 5.89. The van der Waals surface area contributed by atoms with Gasteiger partial charge in [0.05, 0.1) is 18.7 Å². The highest BCUT2D eigenvalue weighted by Crippen LogP contribution is 2.22. The van der Waals surface area contributed by atoms with Crippen LogP contribution in [-0.2, 0) is 27.2 Å². The molecule has 0 aromatic heterocycles. The molecule has 0 aliphatic rings. The van der Waals surface area contributed by atoms with Crippen molar-refractivity contribution >= 4 is 17.8 Å². The van der Waals surface area contributed by atoms with Crippen LogP contribution in [0.5, 0.6) is 5.75 Å². The first kappa shape index (κ1) is 25.9. The number of aromatic hydroxyl groups is 1. The Bertz CT molecular complexity index is 981. The molecule has 2 atom stereocenters. The second-order valence-corrected chi connectivity index (χ2v) is 8.27. The van der Waals surface area contributed by atoms with Gasteiger partial charge in [-0.1, -0.05) is 12.1 Å². The monoisotopic (exact) mass is 455 g/mol. The molecule has 8 heteroatoms. The van der Waals surface area contributed by atoms with Crippen molar-refractivity contribution in [2.24, 2.45) is 11.5 Å². The van der Waals surface area contributed by atoms with Crippen molar-refractivity contribution in [1.29, 1.82) is 0 Å². The average molecular weight is 456 g/mol. The van der Waals surface area contributed by atoms with Crippen LogP contribution in [0.4, 0.5) is 0 Å². The van der Waals surface area contributed by atoms with Crippen LogP contribution in [0.15, 0.2) is 36.4 Å². The second-order valence-electron chi connectivity index (χ2n) is 8.27. The van der Waals surface area contributed by atoms with Crippen molar-refractivity contribution in [2.45, 2.75) is 52.1 Å². The van der Waals surface area contributed by atoms with Crippen molar-refractivity contribution in [3.05, 3.63) is 64.2 Å². The Morgan fingerprint density at radius 1 is 1.09 bits per heavy atom. The first-order chi connectivity index (χ1) is 15.5. The summed E-state index contributed by atoms with van der Waals surface area (Å²) in [6, 6.07) is 8.66. The van der Waals surface area contributed by atoms with Crippen molar-refractivity contribution < 1.29 is 24.2 Å². The molecule has 8 nitrogen and oxygen atoms in total. The van der Waals surface area contributed by atoms with Crippen molar-refractivity contribution in [3.63, 3.8) is 0 Å². The molecule has 2 aromatic rings. The smallest absolute Gasteiger partial charge is 0.337 e. The first-order valence-electron chi connectivity index (χ1n) is 10.9. The third-order valence-electron chi connectivity index (χ3n) is 5.82. The van der Waals surface area contributed by atoms with E-state index in [4.69, 9.17) is 16.2 Å². The predicted octanol–water partition coefficient (Wildman–Crippen LogP) is 2.00. The molecule has 1 unspecified atom stereocenters. The van der Waals surface area contributed by atoms with Crippen LogP contribution in [0.3, 0.4) is 0 Å². The summed E-state index contributed by atoms with van der Waals surface area (Å²) in [5.74, 6) is -1.19.